The standard InChI is InChI=1S/C13H17N3O2/c1-10-3-4-11(18-10)12(17)15-13(9-14)5-7-16(2)8-6-13/h3-4H,5-8H2,1-2H3,(H,15,17). The zero-order chi connectivity index (χ0) is 13.2. The first-order chi connectivity index (χ1) is 8.54. The van der Waals surface area contributed by atoms with Crippen molar-refractivity contribution in [3.63, 3.8) is 0 Å². The van der Waals surface area contributed by atoms with E-state index in [0.717, 1.165) is 13.1 Å². The van der Waals surface area contributed by atoms with Crippen LogP contribution < -0.4 is 5.32 Å². The van der Waals surface area contributed by atoms with Crippen LogP contribution in [0.3, 0.4) is 0 Å². The predicted octanol–water partition coefficient (Wildman–Crippen LogP) is 1.31. The lowest BCUT2D eigenvalue weighted by molar-refractivity contribution is 0.0852. The van der Waals surface area contributed by atoms with Crippen LogP contribution in [0, 0.1) is 18.3 Å². The van der Waals surface area contributed by atoms with Gasteiger partial charge >= 0.3 is 0 Å². The Morgan fingerprint density at radius 1 is 1.50 bits per heavy atom. The number of piperidine rings is 1. The Hall–Kier alpha value is -1.80. The van der Waals surface area contributed by atoms with E-state index in [-0.39, 0.29) is 11.7 Å². The average molecular weight is 247 g/mol. The number of likely N-dealkylation sites (tertiary alicyclic amines) is 1. The Labute approximate surface area is 106 Å². The molecule has 1 amide bonds. The molecule has 96 valence electrons. The highest BCUT2D eigenvalue weighted by Gasteiger charge is 2.36. The molecule has 5 nitrogen and oxygen atoms in total. The normalized spacial score (nSPS) is 19.2. The van der Waals surface area contributed by atoms with Gasteiger partial charge in [-0.1, -0.05) is 0 Å². The monoisotopic (exact) mass is 247 g/mol. The first-order valence-corrected chi connectivity index (χ1v) is 6.03. The number of carbonyl (C=O) groups excluding carboxylic acids is 1. The van der Waals surface area contributed by atoms with Gasteiger partial charge in [0.15, 0.2) is 5.76 Å². The van der Waals surface area contributed by atoms with E-state index >= 15 is 0 Å². The molecule has 0 aliphatic carbocycles. The fraction of sp³-hybridized carbons (Fsp3) is 0.538. The maximum atomic E-state index is 12.0. The molecule has 0 bridgehead atoms. The molecule has 0 atom stereocenters. The second-order valence-electron chi connectivity index (χ2n) is 4.86. The molecule has 18 heavy (non-hydrogen) atoms. The van der Waals surface area contributed by atoms with E-state index in [0.29, 0.717) is 18.6 Å². The second-order valence-corrected chi connectivity index (χ2v) is 4.86. The van der Waals surface area contributed by atoms with Crippen LogP contribution in [0.15, 0.2) is 16.5 Å². The van der Waals surface area contributed by atoms with Gasteiger partial charge in [-0.05, 0) is 38.9 Å². The number of carbonyl (C=O) groups is 1. The summed E-state index contributed by atoms with van der Waals surface area (Å²) in [5.41, 5.74) is -0.760. The minimum absolute atomic E-state index is 0.265. The van der Waals surface area contributed by atoms with Crippen LogP contribution in [-0.4, -0.2) is 36.5 Å². The number of furan rings is 1. The highest BCUT2D eigenvalue weighted by atomic mass is 16.3. The quantitative estimate of drug-likeness (QED) is 0.855. The highest BCUT2D eigenvalue weighted by Crippen LogP contribution is 2.21. The first-order valence-electron chi connectivity index (χ1n) is 6.03. The summed E-state index contributed by atoms with van der Waals surface area (Å²) in [7, 11) is 2.01. The SMILES string of the molecule is Cc1ccc(C(=O)NC2(C#N)CCN(C)CC2)o1. The van der Waals surface area contributed by atoms with Crippen molar-refractivity contribution in [3.05, 3.63) is 23.7 Å². The summed E-state index contributed by atoms with van der Waals surface area (Å²) in [5.74, 6) is 0.643. The molecule has 1 N–H and O–H groups in total. The van der Waals surface area contributed by atoms with Gasteiger partial charge in [0, 0.05) is 13.1 Å². The van der Waals surface area contributed by atoms with Crippen LogP contribution in [0.2, 0.25) is 0 Å². The second kappa shape index (κ2) is 4.83. The van der Waals surface area contributed by atoms with E-state index in [4.69, 9.17) is 4.42 Å². The van der Waals surface area contributed by atoms with Gasteiger partial charge in [0.2, 0.25) is 0 Å². The summed E-state index contributed by atoms with van der Waals surface area (Å²) in [5, 5.41) is 12.1. The number of nitrogens with one attached hydrogen (secondary N) is 1. The molecule has 1 fully saturated rings. The third-order valence-electron chi connectivity index (χ3n) is 3.37. The minimum atomic E-state index is -0.760. The largest absolute Gasteiger partial charge is 0.456 e. The minimum Gasteiger partial charge on any atom is -0.456 e. The van der Waals surface area contributed by atoms with Crippen molar-refractivity contribution < 1.29 is 9.21 Å². The molecule has 1 saturated heterocycles. The van der Waals surface area contributed by atoms with Crippen molar-refractivity contribution in [2.45, 2.75) is 25.3 Å². The molecule has 0 radical (unpaired) electrons. The Balaban J connectivity index is 2.07. The van der Waals surface area contributed by atoms with Gasteiger partial charge in [-0.2, -0.15) is 5.26 Å². The molecule has 5 heteroatoms. The summed E-state index contributed by atoms with van der Waals surface area (Å²) in [6.45, 7) is 3.41. The van der Waals surface area contributed by atoms with E-state index in [9.17, 15) is 10.1 Å². The van der Waals surface area contributed by atoms with Gasteiger partial charge in [-0.25, -0.2) is 0 Å². The number of aryl methyl sites for hydroxylation is 1. The van der Waals surface area contributed by atoms with Crippen molar-refractivity contribution in [1.29, 1.82) is 5.26 Å². The van der Waals surface area contributed by atoms with Crippen LogP contribution in [0.1, 0.15) is 29.2 Å². The van der Waals surface area contributed by atoms with Crippen molar-refractivity contribution in [1.82, 2.24) is 10.2 Å². The van der Waals surface area contributed by atoms with Gasteiger partial charge < -0.3 is 14.6 Å². The number of hydrogen-bond acceptors (Lipinski definition) is 4. The predicted molar refractivity (Wildman–Crippen MR) is 66.0 cm³/mol. The van der Waals surface area contributed by atoms with Gasteiger partial charge in [0.1, 0.15) is 11.3 Å². The van der Waals surface area contributed by atoms with Crippen LogP contribution >= 0.6 is 0 Å². The molecule has 0 saturated carbocycles. The zero-order valence-corrected chi connectivity index (χ0v) is 10.7. The summed E-state index contributed by atoms with van der Waals surface area (Å²) in [6, 6.07) is 5.61. The maximum absolute atomic E-state index is 12.0. The van der Waals surface area contributed by atoms with Gasteiger partial charge in [-0.3, -0.25) is 4.79 Å². The highest BCUT2D eigenvalue weighted by molar-refractivity contribution is 5.92. The van der Waals surface area contributed by atoms with Crippen molar-refractivity contribution >= 4 is 5.91 Å². The third kappa shape index (κ3) is 2.54. The number of amides is 1. The molecule has 1 aromatic heterocycles. The molecule has 0 spiro atoms. The molecular weight excluding hydrogens is 230 g/mol. The summed E-state index contributed by atoms with van der Waals surface area (Å²) < 4.78 is 5.27. The van der Waals surface area contributed by atoms with Crippen molar-refractivity contribution in [3.8, 4) is 6.07 Å². The van der Waals surface area contributed by atoms with E-state index in [1.54, 1.807) is 19.1 Å². The van der Waals surface area contributed by atoms with Gasteiger partial charge in [-0.15, -0.1) is 0 Å². The lowest BCUT2D eigenvalue weighted by atomic mass is 9.89. The fourth-order valence-corrected chi connectivity index (χ4v) is 2.10. The van der Waals surface area contributed by atoms with Crippen LogP contribution in [0.25, 0.3) is 0 Å². The molecule has 1 aliphatic heterocycles. The fourth-order valence-electron chi connectivity index (χ4n) is 2.10. The topological polar surface area (TPSA) is 69.3 Å². The summed E-state index contributed by atoms with van der Waals surface area (Å²) in [6.07, 6.45) is 1.29. The van der Waals surface area contributed by atoms with E-state index in [2.05, 4.69) is 16.3 Å². The van der Waals surface area contributed by atoms with Crippen molar-refractivity contribution in [2.24, 2.45) is 0 Å². The Morgan fingerprint density at radius 2 is 2.17 bits per heavy atom. The maximum Gasteiger partial charge on any atom is 0.288 e. The van der Waals surface area contributed by atoms with E-state index < -0.39 is 5.54 Å². The van der Waals surface area contributed by atoms with Crippen LogP contribution in [-0.2, 0) is 0 Å². The van der Waals surface area contributed by atoms with Crippen LogP contribution in [0.5, 0.6) is 0 Å². The number of rotatable bonds is 2. The Kier molecular flexibility index (Phi) is 3.39. The van der Waals surface area contributed by atoms with E-state index in [1.165, 1.54) is 0 Å². The average Bonchev–Trinajstić information content (AvgIpc) is 2.79. The lowest BCUT2D eigenvalue weighted by Gasteiger charge is -2.35. The molecule has 0 unspecified atom stereocenters. The van der Waals surface area contributed by atoms with Gasteiger partial charge in [0.05, 0.1) is 6.07 Å². The lowest BCUT2D eigenvalue weighted by Crippen LogP contribution is -2.53. The zero-order valence-electron chi connectivity index (χ0n) is 10.7. The van der Waals surface area contributed by atoms with Gasteiger partial charge in [0.25, 0.3) is 5.91 Å². The molecule has 1 aliphatic rings. The third-order valence-corrected chi connectivity index (χ3v) is 3.37. The number of nitriles is 1. The smallest absolute Gasteiger partial charge is 0.288 e. The Morgan fingerprint density at radius 3 is 2.67 bits per heavy atom. The molecule has 1 aromatic rings. The number of nitrogens with zero attached hydrogens (tertiary/aromatic N) is 2. The molecular formula is C13H17N3O2. The summed E-state index contributed by atoms with van der Waals surface area (Å²) >= 11 is 0. The Bertz CT molecular complexity index is 479. The summed E-state index contributed by atoms with van der Waals surface area (Å²) in [4.78, 5) is 14.2. The first kappa shape index (κ1) is 12.7. The van der Waals surface area contributed by atoms with Crippen molar-refractivity contribution in [2.75, 3.05) is 20.1 Å². The van der Waals surface area contributed by atoms with Crippen LogP contribution in [0.4, 0.5) is 0 Å². The van der Waals surface area contributed by atoms with E-state index in [1.807, 2.05) is 7.05 Å². The molecule has 0 aromatic carbocycles. The molecule has 2 heterocycles. The number of hydrogen-bond donors (Lipinski definition) is 1. The molecule has 2 rings (SSSR count).